The van der Waals surface area contributed by atoms with E-state index in [1.165, 1.54) is 24.1 Å². The van der Waals surface area contributed by atoms with E-state index < -0.39 is 0 Å². The van der Waals surface area contributed by atoms with E-state index in [1.54, 1.807) is 11.3 Å². The van der Waals surface area contributed by atoms with Gasteiger partial charge in [-0.1, -0.05) is 18.3 Å². The van der Waals surface area contributed by atoms with Crippen LogP contribution < -0.4 is 4.57 Å². The van der Waals surface area contributed by atoms with Crippen LogP contribution >= 0.6 is 11.3 Å². The van der Waals surface area contributed by atoms with Crippen molar-refractivity contribution < 1.29 is 14.1 Å². The molecule has 4 saturated carbocycles. The quantitative estimate of drug-likeness (QED) is 0.597. The maximum Gasteiger partial charge on any atom is 0.312 e. The van der Waals surface area contributed by atoms with E-state index in [0.717, 1.165) is 43.2 Å². The van der Waals surface area contributed by atoms with Crippen molar-refractivity contribution >= 4 is 17.3 Å². The molecule has 0 unspecified atom stereocenters. The van der Waals surface area contributed by atoms with Crippen LogP contribution in [0.3, 0.4) is 0 Å². The molecule has 5 rings (SSSR count). The second kappa shape index (κ2) is 6.09. The summed E-state index contributed by atoms with van der Waals surface area (Å²) in [6, 6.07) is 2.17. The Balaban J connectivity index is 1.38. The van der Waals surface area contributed by atoms with Gasteiger partial charge in [0.15, 0.2) is 5.69 Å². The van der Waals surface area contributed by atoms with Gasteiger partial charge in [-0.15, -0.1) is 0 Å². The standard InChI is InChI=1S/C20H27N2O2S/c1-14-17(25-13-22(14)5-4-21)3-6-24-18(23)20-10-15-7-16(11-20)9-19(2,8-15)12-20/h13,15-16H,3,5-12H2,1-2H3/q+1/t15-,16-,19?,20?/m1/s1. The summed E-state index contributed by atoms with van der Waals surface area (Å²) in [6.45, 7) is 5.26. The van der Waals surface area contributed by atoms with Gasteiger partial charge in [-0.05, 0) is 55.8 Å². The molecule has 0 saturated heterocycles. The first kappa shape index (κ1) is 17.0. The van der Waals surface area contributed by atoms with Gasteiger partial charge in [-0.25, -0.2) is 0 Å². The van der Waals surface area contributed by atoms with Crippen LogP contribution in [0.4, 0.5) is 0 Å². The van der Waals surface area contributed by atoms with Crippen molar-refractivity contribution in [1.29, 1.82) is 5.26 Å². The van der Waals surface area contributed by atoms with Crippen molar-refractivity contribution in [3.05, 3.63) is 16.1 Å². The first-order chi connectivity index (χ1) is 11.9. The molecule has 0 spiro atoms. The third-order valence-electron chi connectivity index (χ3n) is 6.75. The molecule has 4 aliphatic rings. The lowest BCUT2D eigenvalue weighted by molar-refractivity contribution is -0.686. The maximum atomic E-state index is 13.0. The van der Waals surface area contributed by atoms with Gasteiger partial charge in [-0.2, -0.15) is 9.83 Å². The summed E-state index contributed by atoms with van der Waals surface area (Å²) in [6.07, 6.45) is 7.85. The van der Waals surface area contributed by atoms with Gasteiger partial charge in [0.05, 0.1) is 16.9 Å². The average Bonchev–Trinajstić information content (AvgIpc) is 2.86. The molecule has 134 valence electrons. The summed E-state index contributed by atoms with van der Waals surface area (Å²) >= 11 is 1.65. The molecule has 4 bridgehead atoms. The fourth-order valence-corrected chi connectivity index (χ4v) is 7.25. The Kier molecular flexibility index (Phi) is 4.15. The first-order valence-electron chi connectivity index (χ1n) is 9.44. The van der Waals surface area contributed by atoms with Gasteiger partial charge in [0.2, 0.25) is 12.1 Å². The Morgan fingerprint density at radius 2 is 2.12 bits per heavy atom. The molecule has 0 aliphatic heterocycles. The minimum Gasteiger partial charge on any atom is -0.465 e. The lowest BCUT2D eigenvalue weighted by Crippen LogP contribution is -2.54. The van der Waals surface area contributed by atoms with Crippen molar-refractivity contribution in [2.24, 2.45) is 22.7 Å². The predicted octanol–water partition coefficient (Wildman–Crippen LogP) is 3.56. The Hall–Kier alpha value is -1.41. The number of carbonyl (C=O) groups is 1. The fraction of sp³-hybridized carbons (Fsp3) is 0.750. The van der Waals surface area contributed by atoms with Gasteiger partial charge in [-0.3, -0.25) is 4.79 Å². The number of nitriles is 1. The lowest BCUT2D eigenvalue weighted by atomic mass is 9.44. The minimum absolute atomic E-state index is 0.0620. The van der Waals surface area contributed by atoms with Crippen molar-refractivity contribution in [1.82, 2.24) is 0 Å². The molecule has 0 amide bonds. The second-order valence-corrected chi connectivity index (χ2v) is 9.90. The Morgan fingerprint density at radius 3 is 2.76 bits per heavy atom. The Bertz CT molecular complexity index is 719. The maximum absolute atomic E-state index is 13.0. The van der Waals surface area contributed by atoms with Gasteiger partial charge in [0.1, 0.15) is 6.07 Å². The molecular formula is C20H27N2O2S+. The molecule has 0 N–H and O–H groups in total. The molecule has 0 radical (unpaired) electrons. The molecule has 2 atom stereocenters. The highest BCUT2D eigenvalue weighted by Crippen LogP contribution is 2.65. The van der Waals surface area contributed by atoms with E-state index >= 15 is 0 Å². The van der Waals surface area contributed by atoms with Crippen LogP contribution in [0.15, 0.2) is 5.51 Å². The zero-order chi connectivity index (χ0) is 17.7. The third-order valence-corrected chi connectivity index (χ3v) is 7.89. The summed E-state index contributed by atoms with van der Waals surface area (Å²) in [5.74, 6) is 1.54. The summed E-state index contributed by atoms with van der Waals surface area (Å²) in [5.41, 5.74) is 3.28. The van der Waals surface area contributed by atoms with Crippen LogP contribution in [0.2, 0.25) is 0 Å². The zero-order valence-corrected chi connectivity index (χ0v) is 16.0. The molecule has 4 fully saturated rings. The molecule has 25 heavy (non-hydrogen) atoms. The predicted molar refractivity (Wildman–Crippen MR) is 94.7 cm³/mol. The lowest BCUT2D eigenvalue weighted by Gasteiger charge is -2.59. The van der Waals surface area contributed by atoms with Crippen LogP contribution in [-0.4, -0.2) is 12.6 Å². The van der Waals surface area contributed by atoms with E-state index in [9.17, 15) is 4.79 Å². The van der Waals surface area contributed by atoms with E-state index in [2.05, 4.69) is 13.0 Å². The highest BCUT2D eigenvalue weighted by atomic mass is 32.1. The fourth-order valence-electron chi connectivity index (χ4n) is 6.27. The van der Waals surface area contributed by atoms with E-state index in [4.69, 9.17) is 10.00 Å². The van der Waals surface area contributed by atoms with Crippen LogP contribution in [-0.2, 0) is 22.5 Å². The summed E-state index contributed by atoms with van der Waals surface area (Å²) in [5, 5.41) is 8.84. The number of aromatic nitrogens is 1. The van der Waals surface area contributed by atoms with Crippen molar-refractivity contribution in [2.75, 3.05) is 6.61 Å². The molecular weight excluding hydrogens is 332 g/mol. The minimum atomic E-state index is -0.190. The Morgan fingerprint density at radius 1 is 1.40 bits per heavy atom. The number of hydrogen-bond donors (Lipinski definition) is 0. The highest BCUT2D eigenvalue weighted by Gasteiger charge is 2.59. The van der Waals surface area contributed by atoms with E-state index in [0.29, 0.717) is 18.6 Å². The second-order valence-electron chi connectivity index (χ2n) is 8.96. The van der Waals surface area contributed by atoms with Crippen LogP contribution in [0.25, 0.3) is 0 Å². The monoisotopic (exact) mass is 359 g/mol. The van der Waals surface area contributed by atoms with Crippen LogP contribution in [0.1, 0.15) is 56.0 Å². The number of rotatable bonds is 5. The number of carbonyl (C=O) groups excluding carboxylic acids is 1. The number of ether oxygens (including phenoxy) is 1. The highest BCUT2D eigenvalue weighted by molar-refractivity contribution is 7.09. The normalized spacial score (nSPS) is 35.6. The topological polar surface area (TPSA) is 54.0 Å². The van der Waals surface area contributed by atoms with Gasteiger partial charge in [0, 0.05) is 13.3 Å². The number of esters is 1. The SMILES string of the molecule is Cc1c(CCOC(=O)C23C[C@@H]4C[C@H](CC(C)(C4)C2)C3)sc[n+]1CC#N. The molecule has 0 aromatic carbocycles. The van der Waals surface area contributed by atoms with Gasteiger partial charge < -0.3 is 4.74 Å². The number of thiazole rings is 1. The number of nitrogens with zero attached hydrogens (tertiary/aromatic N) is 2. The zero-order valence-electron chi connectivity index (χ0n) is 15.2. The average molecular weight is 360 g/mol. The van der Waals surface area contributed by atoms with E-state index in [-0.39, 0.29) is 11.4 Å². The Labute approximate surface area is 153 Å². The van der Waals surface area contributed by atoms with Crippen molar-refractivity contribution in [2.45, 2.75) is 65.3 Å². The molecule has 1 aromatic heterocycles. The molecule has 4 nitrogen and oxygen atoms in total. The van der Waals surface area contributed by atoms with Crippen molar-refractivity contribution in [3.63, 3.8) is 0 Å². The summed E-state index contributed by atoms with van der Waals surface area (Å²) < 4.78 is 7.75. The first-order valence-corrected chi connectivity index (χ1v) is 10.3. The third kappa shape index (κ3) is 2.99. The summed E-state index contributed by atoms with van der Waals surface area (Å²) in [4.78, 5) is 14.2. The summed E-state index contributed by atoms with van der Waals surface area (Å²) in [7, 11) is 0. The van der Waals surface area contributed by atoms with E-state index in [1.807, 2.05) is 17.0 Å². The van der Waals surface area contributed by atoms with Crippen LogP contribution in [0, 0.1) is 40.9 Å². The van der Waals surface area contributed by atoms with Gasteiger partial charge >= 0.3 is 5.97 Å². The molecule has 4 aliphatic carbocycles. The van der Waals surface area contributed by atoms with Crippen LogP contribution in [0.5, 0.6) is 0 Å². The largest absolute Gasteiger partial charge is 0.465 e. The molecule has 1 heterocycles. The molecule has 5 heteroatoms. The smallest absolute Gasteiger partial charge is 0.312 e. The van der Waals surface area contributed by atoms with Gasteiger partial charge in [0.25, 0.3) is 0 Å². The number of hydrogen-bond acceptors (Lipinski definition) is 4. The molecule has 1 aromatic rings. The van der Waals surface area contributed by atoms with Crippen molar-refractivity contribution in [3.8, 4) is 6.07 Å².